The molecule has 0 amide bonds. The highest BCUT2D eigenvalue weighted by atomic mass is 32.2. The van der Waals surface area contributed by atoms with Crippen molar-refractivity contribution >= 4 is 39.5 Å². The first-order valence-corrected chi connectivity index (χ1v) is 11.7. The molecule has 14 heteroatoms. The van der Waals surface area contributed by atoms with Crippen LogP contribution in [0, 0.1) is 0 Å². The molecule has 1 fully saturated rings. The number of sulfonamides is 1. The monoisotopic (exact) mass is 481 g/mol. The molecule has 2 unspecified atom stereocenters. The molecule has 0 bridgehead atoms. The van der Waals surface area contributed by atoms with Crippen LogP contribution in [-0.2, 0) is 10.0 Å². The summed E-state index contributed by atoms with van der Waals surface area (Å²) in [6.07, 6.45) is 0. The number of carboxylic acids is 1. The first-order chi connectivity index (χ1) is 15.7. The van der Waals surface area contributed by atoms with E-state index in [1.165, 1.54) is 16.4 Å². The summed E-state index contributed by atoms with van der Waals surface area (Å²) in [6, 6.07) is 6.02. The highest BCUT2D eigenvalue weighted by Crippen LogP contribution is 2.29. The number of carboxylic acid groups (broad SMARTS) is 1. The van der Waals surface area contributed by atoms with Gasteiger partial charge in [0, 0.05) is 38.9 Å². The second-order valence-corrected chi connectivity index (χ2v) is 9.56. The van der Waals surface area contributed by atoms with Crippen LogP contribution in [0.15, 0.2) is 24.3 Å². The second kappa shape index (κ2) is 10.2. The van der Waals surface area contributed by atoms with Crippen molar-refractivity contribution in [3.8, 4) is 0 Å². The van der Waals surface area contributed by atoms with Crippen LogP contribution in [0.25, 0.3) is 0 Å². The number of nitrogens with zero attached hydrogens (tertiary/aromatic N) is 6. The van der Waals surface area contributed by atoms with Gasteiger partial charge in [-0.05, 0) is 31.2 Å². The van der Waals surface area contributed by atoms with Gasteiger partial charge in [0.1, 0.15) is 5.37 Å². The molecule has 1 saturated heterocycles. The smallest absolute Gasteiger partial charge is 0.335 e. The highest BCUT2D eigenvalue weighted by molar-refractivity contribution is 7.95. The van der Waals surface area contributed by atoms with E-state index in [1.807, 2.05) is 0 Å². The topological polar surface area (TPSA) is 172 Å². The number of likely N-dealkylation sites (N-methyl/N-ethyl adjacent to an activating group) is 1. The van der Waals surface area contributed by atoms with E-state index in [1.54, 1.807) is 35.9 Å². The maximum absolute atomic E-state index is 11.7. The van der Waals surface area contributed by atoms with Gasteiger partial charge in [-0.1, -0.05) is 0 Å². The van der Waals surface area contributed by atoms with Crippen molar-refractivity contribution in [3.63, 3.8) is 0 Å². The molecule has 1 aromatic carbocycles. The van der Waals surface area contributed by atoms with Crippen molar-refractivity contribution in [1.82, 2.24) is 19.3 Å². The Balaban J connectivity index is 1.85. The fraction of sp³-hybridized carbons (Fsp3) is 0.474. The quantitative estimate of drug-likeness (QED) is 0.288. The number of nitrogens with one attached hydrogen (secondary N) is 1. The number of aliphatic hydroxyl groups is 2. The normalized spacial score (nSPS) is 18.5. The number of rotatable bonds is 12. The average Bonchev–Trinajstić information content (AvgIpc) is 3.27. The Hall–Kier alpha value is -3.07. The lowest BCUT2D eigenvalue weighted by molar-refractivity contribution is 0.0697. The van der Waals surface area contributed by atoms with Gasteiger partial charge in [-0.2, -0.15) is 19.3 Å². The Morgan fingerprint density at radius 3 is 2.15 bits per heavy atom. The zero-order valence-corrected chi connectivity index (χ0v) is 19.1. The minimum absolute atomic E-state index is 0.133. The van der Waals surface area contributed by atoms with Gasteiger partial charge in [-0.25, -0.2) is 13.2 Å². The summed E-state index contributed by atoms with van der Waals surface area (Å²) in [4.78, 5) is 27.5. The Morgan fingerprint density at radius 2 is 1.64 bits per heavy atom. The lowest BCUT2D eigenvalue weighted by atomic mass is 10.2. The second-order valence-electron chi connectivity index (χ2n) is 7.38. The van der Waals surface area contributed by atoms with Crippen LogP contribution in [-0.4, -0.2) is 101 Å². The third-order valence-corrected chi connectivity index (χ3v) is 7.19. The number of benzene rings is 1. The summed E-state index contributed by atoms with van der Waals surface area (Å²) in [5.74, 6) is -0.400. The van der Waals surface area contributed by atoms with Gasteiger partial charge >= 0.3 is 5.97 Å². The van der Waals surface area contributed by atoms with Crippen LogP contribution in [0.4, 0.5) is 23.5 Å². The SMILES string of the molecule is CC1N(CCN(C)c2nc(Nc3ccc(C(=O)O)cc3)nc(N(CCO)CCO)n2)S1(=O)=O. The number of hydrogen-bond acceptors (Lipinski definition) is 11. The molecular formula is C19H27N7O6S. The predicted octanol–water partition coefficient (Wildman–Crippen LogP) is -0.468. The van der Waals surface area contributed by atoms with Crippen LogP contribution in [0.3, 0.4) is 0 Å². The molecule has 0 radical (unpaired) electrons. The largest absolute Gasteiger partial charge is 0.478 e. The summed E-state index contributed by atoms with van der Waals surface area (Å²) in [5, 5.41) is 30.3. The number of carbonyl (C=O) groups is 1. The third kappa shape index (κ3) is 5.84. The molecule has 4 N–H and O–H groups in total. The van der Waals surface area contributed by atoms with E-state index in [-0.39, 0.29) is 56.3 Å². The number of aromatic nitrogens is 3. The van der Waals surface area contributed by atoms with Crippen LogP contribution < -0.4 is 15.1 Å². The Morgan fingerprint density at radius 1 is 1.06 bits per heavy atom. The van der Waals surface area contributed by atoms with Gasteiger partial charge in [0.25, 0.3) is 0 Å². The molecule has 2 heterocycles. The van der Waals surface area contributed by atoms with Gasteiger partial charge in [0.05, 0.1) is 18.8 Å². The molecular weight excluding hydrogens is 454 g/mol. The van der Waals surface area contributed by atoms with E-state index in [2.05, 4.69) is 20.3 Å². The number of hydrogen-bond donors (Lipinski definition) is 4. The van der Waals surface area contributed by atoms with Crippen molar-refractivity contribution in [2.45, 2.75) is 12.3 Å². The Kier molecular flexibility index (Phi) is 7.63. The first kappa shape index (κ1) is 24.6. The number of anilines is 4. The molecule has 0 spiro atoms. The molecule has 2 aromatic rings. The highest BCUT2D eigenvalue weighted by Gasteiger charge is 2.50. The summed E-state index contributed by atoms with van der Waals surface area (Å²) in [7, 11) is -1.46. The fourth-order valence-electron chi connectivity index (χ4n) is 3.11. The summed E-state index contributed by atoms with van der Waals surface area (Å²) >= 11 is 0. The van der Waals surface area contributed by atoms with Gasteiger partial charge in [-0.15, -0.1) is 0 Å². The molecule has 0 saturated carbocycles. The molecule has 33 heavy (non-hydrogen) atoms. The van der Waals surface area contributed by atoms with Crippen molar-refractivity contribution in [3.05, 3.63) is 29.8 Å². The van der Waals surface area contributed by atoms with E-state index in [0.717, 1.165) is 0 Å². The fourth-order valence-corrected chi connectivity index (χ4v) is 4.46. The molecule has 0 aliphatic carbocycles. The standard InChI is InChI=1S/C19H27N7O6S/c1-13-26(33(13,31)32)8-7-24(2)18-21-17(20-15-5-3-14(4-6-15)16(29)30)22-19(23-18)25(9-11-27)10-12-28/h3-6,13,27-28H,7-12H2,1-2H3,(H,29,30)(H,20,21,22,23). The molecule has 2 atom stereocenters. The van der Waals surface area contributed by atoms with Crippen LogP contribution >= 0.6 is 0 Å². The van der Waals surface area contributed by atoms with Crippen LogP contribution in [0.2, 0.25) is 0 Å². The predicted molar refractivity (Wildman–Crippen MR) is 121 cm³/mol. The maximum atomic E-state index is 11.7. The summed E-state index contributed by atoms with van der Waals surface area (Å²) in [5.41, 5.74) is 0.680. The van der Waals surface area contributed by atoms with Gasteiger partial charge in [-0.3, -0.25) is 0 Å². The third-order valence-electron chi connectivity index (χ3n) is 5.14. The number of aromatic carboxylic acids is 1. The molecule has 180 valence electrons. The molecule has 3 rings (SSSR count). The summed E-state index contributed by atoms with van der Waals surface area (Å²) in [6.45, 7) is 2.24. The maximum Gasteiger partial charge on any atom is 0.335 e. The molecule has 1 aromatic heterocycles. The van der Waals surface area contributed by atoms with Crippen molar-refractivity contribution < 1.29 is 28.5 Å². The van der Waals surface area contributed by atoms with Gasteiger partial charge in [0.2, 0.25) is 27.9 Å². The van der Waals surface area contributed by atoms with E-state index in [0.29, 0.717) is 12.2 Å². The first-order valence-electron chi connectivity index (χ1n) is 10.2. The van der Waals surface area contributed by atoms with Crippen LogP contribution in [0.1, 0.15) is 17.3 Å². The molecule has 1 aliphatic heterocycles. The van der Waals surface area contributed by atoms with E-state index in [4.69, 9.17) is 5.11 Å². The average molecular weight is 482 g/mol. The van der Waals surface area contributed by atoms with Gasteiger partial charge < -0.3 is 30.4 Å². The summed E-state index contributed by atoms with van der Waals surface area (Å²) < 4.78 is 24.8. The number of aliphatic hydroxyl groups excluding tert-OH is 2. The van der Waals surface area contributed by atoms with Crippen LogP contribution in [0.5, 0.6) is 0 Å². The lowest BCUT2D eigenvalue weighted by Crippen LogP contribution is -2.33. The lowest BCUT2D eigenvalue weighted by Gasteiger charge is -2.24. The molecule has 13 nitrogen and oxygen atoms in total. The van der Waals surface area contributed by atoms with Crippen molar-refractivity contribution in [2.75, 3.05) is 61.6 Å². The zero-order valence-electron chi connectivity index (χ0n) is 18.3. The molecule has 1 aliphatic rings. The zero-order chi connectivity index (χ0) is 24.2. The minimum Gasteiger partial charge on any atom is -0.478 e. The minimum atomic E-state index is -3.17. The van der Waals surface area contributed by atoms with Gasteiger partial charge in [0.15, 0.2) is 0 Å². The van der Waals surface area contributed by atoms with E-state index < -0.39 is 21.4 Å². The van der Waals surface area contributed by atoms with E-state index >= 15 is 0 Å². The van der Waals surface area contributed by atoms with Crippen molar-refractivity contribution in [1.29, 1.82) is 0 Å². The van der Waals surface area contributed by atoms with Crippen molar-refractivity contribution in [2.24, 2.45) is 0 Å². The Bertz CT molecular complexity index is 1080. The van der Waals surface area contributed by atoms with E-state index in [9.17, 15) is 23.4 Å². The Labute approximate surface area is 191 Å².